The molecule has 28 heavy (non-hydrogen) atoms. The fourth-order valence-electron chi connectivity index (χ4n) is 3.13. The van der Waals surface area contributed by atoms with Crippen LogP contribution in [0.4, 0.5) is 11.4 Å². The minimum atomic E-state index is -0.178. The van der Waals surface area contributed by atoms with Crippen molar-refractivity contribution in [3.8, 4) is 11.4 Å². The number of aryl methyl sites for hydroxylation is 1. The van der Waals surface area contributed by atoms with Crippen LogP contribution >= 0.6 is 0 Å². The van der Waals surface area contributed by atoms with E-state index in [0.29, 0.717) is 36.8 Å². The van der Waals surface area contributed by atoms with Gasteiger partial charge in [0.15, 0.2) is 0 Å². The quantitative estimate of drug-likeness (QED) is 0.709. The summed E-state index contributed by atoms with van der Waals surface area (Å²) < 4.78 is 5.22. The predicted molar refractivity (Wildman–Crippen MR) is 103 cm³/mol. The van der Waals surface area contributed by atoms with Gasteiger partial charge in [0.05, 0.1) is 11.4 Å². The summed E-state index contributed by atoms with van der Waals surface area (Å²) in [6.45, 7) is 0.672. The maximum Gasteiger partial charge on any atom is 0.227 e. The second kappa shape index (κ2) is 7.99. The molecule has 3 aromatic rings. The van der Waals surface area contributed by atoms with Crippen LogP contribution in [0.2, 0.25) is 0 Å². The summed E-state index contributed by atoms with van der Waals surface area (Å²) >= 11 is 0. The Balaban J connectivity index is 1.38. The van der Waals surface area contributed by atoms with Crippen LogP contribution in [0.25, 0.3) is 11.4 Å². The highest BCUT2D eigenvalue weighted by Crippen LogP contribution is 2.29. The number of amides is 2. The number of nitrogens with zero attached hydrogens (tertiary/aromatic N) is 4. The third-order valence-electron chi connectivity index (χ3n) is 4.51. The summed E-state index contributed by atoms with van der Waals surface area (Å²) in [4.78, 5) is 34.4. The highest BCUT2D eigenvalue weighted by molar-refractivity contribution is 6.02. The molecule has 1 aromatic carbocycles. The molecule has 3 heterocycles. The van der Waals surface area contributed by atoms with Crippen LogP contribution in [-0.2, 0) is 16.0 Å². The Bertz CT molecular complexity index is 986. The van der Waals surface area contributed by atoms with Crippen LogP contribution in [0.5, 0.6) is 0 Å². The molecule has 1 saturated heterocycles. The maximum absolute atomic E-state index is 12.4. The highest BCUT2D eigenvalue weighted by Gasteiger charge is 2.24. The topological polar surface area (TPSA) is 101 Å². The summed E-state index contributed by atoms with van der Waals surface area (Å²) in [5.41, 5.74) is 2.17. The number of carbonyl (C=O) groups excluding carboxylic acids is 2. The second-order valence-corrected chi connectivity index (χ2v) is 6.46. The zero-order valence-electron chi connectivity index (χ0n) is 15.2. The number of carbonyl (C=O) groups is 2. The summed E-state index contributed by atoms with van der Waals surface area (Å²) in [5.74, 6) is 0.764. The number of pyridine rings is 1. The number of aromatic nitrogens is 3. The van der Waals surface area contributed by atoms with Crippen molar-refractivity contribution in [1.29, 1.82) is 0 Å². The number of para-hydroxylation sites is 2. The van der Waals surface area contributed by atoms with Crippen LogP contribution in [0.1, 0.15) is 25.2 Å². The van der Waals surface area contributed by atoms with E-state index in [9.17, 15) is 9.59 Å². The second-order valence-electron chi connectivity index (χ2n) is 6.46. The van der Waals surface area contributed by atoms with Crippen LogP contribution in [0.15, 0.2) is 53.3 Å². The summed E-state index contributed by atoms with van der Waals surface area (Å²) in [5, 5.41) is 6.82. The van der Waals surface area contributed by atoms with E-state index < -0.39 is 0 Å². The Kier molecular flexibility index (Phi) is 5.09. The average Bonchev–Trinajstić information content (AvgIpc) is 3.37. The van der Waals surface area contributed by atoms with Gasteiger partial charge in [-0.3, -0.25) is 14.6 Å². The van der Waals surface area contributed by atoms with Crippen molar-refractivity contribution in [3.63, 3.8) is 0 Å². The zero-order chi connectivity index (χ0) is 19.3. The molecule has 1 aliphatic rings. The van der Waals surface area contributed by atoms with E-state index in [4.69, 9.17) is 4.52 Å². The molecule has 142 valence electrons. The number of benzene rings is 1. The van der Waals surface area contributed by atoms with Gasteiger partial charge >= 0.3 is 0 Å². The van der Waals surface area contributed by atoms with Crippen molar-refractivity contribution in [2.45, 2.75) is 25.7 Å². The van der Waals surface area contributed by atoms with Crippen LogP contribution in [-0.4, -0.2) is 33.5 Å². The predicted octanol–water partition coefficient (Wildman–Crippen LogP) is 2.83. The first-order valence-electron chi connectivity index (χ1n) is 9.13. The molecule has 0 unspecified atom stereocenters. The van der Waals surface area contributed by atoms with Gasteiger partial charge in [0.1, 0.15) is 0 Å². The first-order valence-corrected chi connectivity index (χ1v) is 9.13. The van der Waals surface area contributed by atoms with Crippen molar-refractivity contribution in [3.05, 3.63) is 54.7 Å². The molecule has 1 fully saturated rings. The third-order valence-corrected chi connectivity index (χ3v) is 4.51. The standard InChI is InChI=1S/C20H19N5O3/c26-17(7-8-18-23-20(24-28-18)14-9-11-21-12-10-14)22-15-4-1-2-5-16(15)25-13-3-6-19(25)27/h1-2,4-5,9-12H,3,6-8,13H2,(H,22,26). The molecule has 1 N–H and O–H groups in total. The molecular formula is C20H19N5O3. The van der Waals surface area contributed by atoms with Gasteiger partial charge in [-0.25, -0.2) is 0 Å². The van der Waals surface area contributed by atoms with E-state index in [-0.39, 0.29) is 18.2 Å². The monoisotopic (exact) mass is 377 g/mol. The van der Waals surface area contributed by atoms with Crippen LogP contribution in [0, 0.1) is 0 Å². The molecule has 0 aliphatic carbocycles. The molecule has 8 heteroatoms. The van der Waals surface area contributed by atoms with Gasteiger partial charge in [0, 0.05) is 43.8 Å². The van der Waals surface area contributed by atoms with Gasteiger partial charge < -0.3 is 14.7 Å². The molecule has 1 aliphatic heterocycles. The number of anilines is 2. The average molecular weight is 377 g/mol. The number of nitrogens with one attached hydrogen (secondary N) is 1. The molecule has 0 saturated carbocycles. The Morgan fingerprint density at radius 1 is 1.18 bits per heavy atom. The minimum Gasteiger partial charge on any atom is -0.339 e. The Labute approximate surface area is 161 Å². The van der Waals surface area contributed by atoms with E-state index in [1.807, 2.05) is 18.2 Å². The van der Waals surface area contributed by atoms with E-state index in [1.54, 1.807) is 35.5 Å². The van der Waals surface area contributed by atoms with Crippen molar-refractivity contribution >= 4 is 23.2 Å². The number of hydrogen-bond acceptors (Lipinski definition) is 6. The minimum absolute atomic E-state index is 0.0798. The molecule has 0 bridgehead atoms. The van der Waals surface area contributed by atoms with Crippen molar-refractivity contribution in [2.75, 3.05) is 16.8 Å². The smallest absolute Gasteiger partial charge is 0.227 e. The molecule has 0 spiro atoms. The van der Waals surface area contributed by atoms with E-state index in [1.165, 1.54) is 0 Å². The lowest BCUT2D eigenvalue weighted by Crippen LogP contribution is -2.25. The molecule has 4 rings (SSSR count). The van der Waals surface area contributed by atoms with Crippen molar-refractivity contribution in [1.82, 2.24) is 15.1 Å². The van der Waals surface area contributed by atoms with Gasteiger partial charge in [-0.05, 0) is 30.7 Å². The maximum atomic E-state index is 12.4. The first kappa shape index (κ1) is 17.8. The normalized spacial score (nSPS) is 13.7. The van der Waals surface area contributed by atoms with Gasteiger partial charge in [0.25, 0.3) is 0 Å². The molecule has 2 amide bonds. The lowest BCUT2D eigenvalue weighted by molar-refractivity contribution is -0.117. The highest BCUT2D eigenvalue weighted by atomic mass is 16.5. The molecule has 0 radical (unpaired) electrons. The van der Waals surface area contributed by atoms with E-state index >= 15 is 0 Å². The van der Waals surface area contributed by atoms with Gasteiger partial charge in [-0.2, -0.15) is 4.98 Å². The van der Waals surface area contributed by atoms with E-state index in [0.717, 1.165) is 17.7 Å². The number of hydrogen-bond donors (Lipinski definition) is 1. The Morgan fingerprint density at radius 2 is 2.00 bits per heavy atom. The Hall–Kier alpha value is -3.55. The number of rotatable bonds is 6. The molecule has 0 atom stereocenters. The zero-order valence-corrected chi connectivity index (χ0v) is 15.2. The van der Waals surface area contributed by atoms with Gasteiger partial charge in [-0.15, -0.1) is 0 Å². The SMILES string of the molecule is O=C(CCc1nc(-c2ccncc2)no1)Nc1ccccc1N1CCCC1=O. The molecule has 8 nitrogen and oxygen atoms in total. The van der Waals surface area contributed by atoms with Crippen molar-refractivity contribution in [2.24, 2.45) is 0 Å². The van der Waals surface area contributed by atoms with Crippen molar-refractivity contribution < 1.29 is 14.1 Å². The van der Waals surface area contributed by atoms with Gasteiger partial charge in [-0.1, -0.05) is 17.3 Å². The first-order chi connectivity index (χ1) is 13.7. The summed E-state index contributed by atoms with van der Waals surface area (Å²) in [7, 11) is 0. The summed E-state index contributed by atoms with van der Waals surface area (Å²) in [6.07, 6.45) is 5.20. The third kappa shape index (κ3) is 3.90. The molecule has 2 aromatic heterocycles. The largest absolute Gasteiger partial charge is 0.339 e. The summed E-state index contributed by atoms with van der Waals surface area (Å²) in [6, 6.07) is 10.9. The fraction of sp³-hybridized carbons (Fsp3) is 0.250. The lowest BCUT2D eigenvalue weighted by atomic mass is 10.2. The molecular weight excluding hydrogens is 358 g/mol. The van der Waals surface area contributed by atoms with E-state index in [2.05, 4.69) is 20.4 Å². The van der Waals surface area contributed by atoms with Gasteiger partial charge in [0.2, 0.25) is 23.5 Å². The van der Waals surface area contributed by atoms with Crippen LogP contribution < -0.4 is 10.2 Å². The Morgan fingerprint density at radius 3 is 2.79 bits per heavy atom. The van der Waals surface area contributed by atoms with Crippen LogP contribution in [0.3, 0.4) is 0 Å². The fourth-order valence-corrected chi connectivity index (χ4v) is 3.13. The lowest BCUT2D eigenvalue weighted by Gasteiger charge is -2.19.